The topological polar surface area (TPSA) is 48.5 Å². The summed E-state index contributed by atoms with van der Waals surface area (Å²) in [7, 11) is 1.84. The van der Waals surface area contributed by atoms with Crippen molar-refractivity contribution in [2.45, 2.75) is 26.3 Å². The van der Waals surface area contributed by atoms with Crippen LogP contribution in [0.3, 0.4) is 0 Å². The quantitative estimate of drug-likeness (QED) is 0.889. The smallest absolute Gasteiger partial charge is 0.272 e. The maximum Gasteiger partial charge on any atom is 0.272 e. The van der Waals surface area contributed by atoms with E-state index in [9.17, 15) is 4.79 Å². The Morgan fingerprint density at radius 2 is 2.25 bits per heavy atom. The van der Waals surface area contributed by atoms with Crippen LogP contribution in [0.25, 0.3) is 0 Å². The molecule has 110 valence electrons. The van der Waals surface area contributed by atoms with Gasteiger partial charge in [-0.05, 0) is 31.6 Å². The standard InChI is InChI=1S/C15H24N4O/c1-4-18(5-2)13-7-9-19(11-13)15(20)14-10-12(16-3)6-8-17-14/h6,8,10,13H,4-5,7,9,11H2,1-3H3,(H,16,17). The number of aromatic nitrogens is 1. The zero-order valence-electron chi connectivity index (χ0n) is 12.6. The molecule has 0 saturated carbocycles. The molecule has 1 saturated heterocycles. The van der Waals surface area contributed by atoms with E-state index in [-0.39, 0.29) is 5.91 Å². The first-order chi connectivity index (χ1) is 9.69. The van der Waals surface area contributed by atoms with E-state index in [1.54, 1.807) is 6.20 Å². The predicted molar refractivity (Wildman–Crippen MR) is 81.0 cm³/mol. The highest BCUT2D eigenvalue weighted by atomic mass is 16.2. The number of nitrogens with zero attached hydrogens (tertiary/aromatic N) is 3. The molecule has 0 spiro atoms. The van der Waals surface area contributed by atoms with Crippen molar-refractivity contribution in [3.63, 3.8) is 0 Å². The number of hydrogen-bond acceptors (Lipinski definition) is 4. The summed E-state index contributed by atoms with van der Waals surface area (Å²) in [6.07, 6.45) is 2.73. The number of carbonyl (C=O) groups is 1. The zero-order valence-corrected chi connectivity index (χ0v) is 12.6. The van der Waals surface area contributed by atoms with E-state index in [1.165, 1.54) is 0 Å². The monoisotopic (exact) mass is 276 g/mol. The molecular formula is C15H24N4O. The molecule has 1 aliphatic heterocycles. The molecule has 5 heteroatoms. The van der Waals surface area contributed by atoms with Gasteiger partial charge < -0.3 is 10.2 Å². The van der Waals surface area contributed by atoms with Gasteiger partial charge in [-0.2, -0.15) is 0 Å². The van der Waals surface area contributed by atoms with Crippen molar-refractivity contribution < 1.29 is 4.79 Å². The summed E-state index contributed by atoms with van der Waals surface area (Å²) in [5.74, 6) is 0.0387. The van der Waals surface area contributed by atoms with Crippen LogP contribution in [0.2, 0.25) is 0 Å². The number of likely N-dealkylation sites (N-methyl/N-ethyl adjacent to an activating group) is 1. The van der Waals surface area contributed by atoms with E-state index >= 15 is 0 Å². The Morgan fingerprint density at radius 1 is 1.50 bits per heavy atom. The van der Waals surface area contributed by atoms with Crippen LogP contribution in [0.4, 0.5) is 5.69 Å². The number of pyridine rings is 1. The number of amides is 1. The minimum atomic E-state index is 0.0387. The fraction of sp³-hybridized carbons (Fsp3) is 0.600. The Kier molecular flexibility index (Phi) is 4.95. The van der Waals surface area contributed by atoms with Crippen molar-refractivity contribution in [2.75, 3.05) is 38.5 Å². The fourth-order valence-corrected chi connectivity index (χ4v) is 2.83. The molecule has 1 unspecified atom stereocenters. The van der Waals surface area contributed by atoms with E-state index < -0.39 is 0 Å². The van der Waals surface area contributed by atoms with Crippen LogP contribution < -0.4 is 5.32 Å². The normalized spacial score (nSPS) is 18.6. The van der Waals surface area contributed by atoms with Gasteiger partial charge in [-0.25, -0.2) is 0 Å². The lowest BCUT2D eigenvalue weighted by atomic mass is 10.2. The van der Waals surface area contributed by atoms with E-state index in [2.05, 4.69) is 29.0 Å². The van der Waals surface area contributed by atoms with Gasteiger partial charge in [0, 0.05) is 38.1 Å². The molecule has 1 atom stereocenters. The summed E-state index contributed by atoms with van der Waals surface area (Å²) in [5.41, 5.74) is 1.44. The molecule has 1 aromatic rings. The minimum absolute atomic E-state index is 0.0387. The number of anilines is 1. The van der Waals surface area contributed by atoms with Crippen LogP contribution in [0.1, 0.15) is 30.8 Å². The van der Waals surface area contributed by atoms with Crippen molar-refractivity contribution in [1.29, 1.82) is 0 Å². The average Bonchev–Trinajstić information content (AvgIpc) is 2.97. The average molecular weight is 276 g/mol. The lowest BCUT2D eigenvalue weighted by molar-refractivity contribution is 0.0772. The van der Waals surface area contributed by atoms with E-state index in [0.29, 0.717) is 11.7 Å². The Bertz CT molecular complexity index is 459. The third kappa shape index (κ3) is 3.10. The van der Waals surface area contributed by atoms with Gasteiger partial charge in [0.1, 0.15) is 5.69 Å². The van der Waals surface area contributed by atoms with Gasteiger partial charge in [-0.1, -0.05) is 13.8 Å². The van der Waals surface area contributed by atoms with Gasteiger partial charge in [0.05, 0.1) is 0 Å². The summed E-state index contributed by atoms with van der Waals surface area (Å²) in [6.45, 7) is 8.06. The highest BCUT2D eigenvalue weighted by Crippen LogP contribution is 2.18. The summed E-state index contributed by atoms with van der Waals surface area (Å²) < 4.78 is 0. The maximum atomic E-state index is 12.5. The molecule has 1 aromatic heterocycles. The molecule has 0 radical (unpaired) electrons. The van der Waals surface area contributed by atoms with Gasteiger partial charge in [-0.15, -0.1) is 0 Å². The second-order valence-electron chi connectivity index (χ2n) is 5.09. The highest BCUT2D eigenvalue weighted by Gasteiger charge is 2.30. The van der Waals surface area contributed by atoms with Crippen LogP contribution in [-0.4, -0.2) is 60.0 Å². The molecule has 2 rings (SSSR count). The van der Waals surface area contributed by atoms with Crippen molar-refractivity contribution in [3.05, 3.63) is 24.0 Å². The van der Waals surface area contributed by atoms with Crippen LogP contribution in [0, 0.1) is 0 Å². The first kappa shape index (κ1) is 14.8. The minimum Gasteiger partial charge on any atom is -0.388 e. The number of likely N-dealkylation sites (tertiary alicyclic amines) is 1. The maximum absolute atomic E-state index is 12.5. The molecule has 20 heavy (non-hydrogen) atoms. The molecule has 1 amide bonds. The third-order valence-corrected chi connectivity index (χ3v) is 4.05. The molecule has 0 bridgehead atoms. The largest absolute Gasteiger partial charge is 0.388 e. The Labute approximate surface area is 121 Å². The van der Waals surface area contributed by atoms with Crippen molar-refractivity contribution in [3.8, 4) is 0 Å². The lowest BCUT2D eigenvalue weighted by Crippen LogP contribution is -2.38. The van der Waals surface area contributed by atoms with E-state index in [4.69, 9.17) is 0 Å². The number of hydrogen-bond donors (Lipinski definition) is 1. The molecule has 2 heterocycles. The molecule has 1 N–H and O–H groups in total. The number of rotatable bonds is 5. The van der Waals surface area contributed by atoms with Gasteiger partial charge in [0.15, 0.2) is 0 Å². The summed E-state index contributed by atoms with van der Waals surface area (Å²) in [5, 5.41) is 3.04. The Morgan fingerprint density at radius 3 is 2.90 bits per heavy atom. The summed E-state index contributed by atoms with van der Waals surface area (Å²) >= 11 is 0. The first-order valence-electron chi connectivity index (χ1n) is 7.36. The summed E-state index contributed by atoms with van der Waals surface area (Å²) in [6, 6.07) is 4.16. The van der Waals surface area contributed by atoms with Gasteiger partial charge in [-0.3, -0.25) is 14.7 Å². The Hall–Kier alpha value is -1.62. The molecular weight excluding hydrogens is 252 g/mol. The predicted octanol–water partition coefficient (Wildman–Crippen LogP) is 1.68. The van der Waals surface area contributed by atoms with Crippen LogP contribution in [0.15, 0.2) is 18.3 Å². The van der Waals surface area contributed by atoms with E-state index in [0.717, 1.165) is 38.3 Å². The van der Waals surface area contributed by atoms with Gasteiger partial charge >= 0.3 is 0 Å². The van der Waals surface area contributed by atoms with Crippen molar-refractivity contribution in [2.24, 2.45) is 0 Å². The van der Waals surface area contributed by atoms with Gasteiger partial charge in [0.2, 0.25) is 0 Å². The zero-order chi connectivity index (χ0) is 14.5. The molecule has 0 aromatic carbocycles. The second-order valence-corrected chi connectivity index (χ2v) is 5.09. The third-order valence-electron chi connectivity index (χ3n) is 4.05. The van der Waals surface area contributed by atoms with Crippen molar-refractivity contribution >= 4 is 11.6 Å². The second kappa shape index (κ2) is 6.70. The summed E-state index contributed by atoms with van der Waals surface area (Å²) in [4.78, 5) is 21.0. The SMILES string of the molecule is CCN(CC)C1CCN(C(=O)c2cc(NC)ccn2)C1. The number of nitrogens with one attached hydrogen (secondary N) is 1. The van der Waals surface area contributed by atoms with Crippen LogP contribution >= 0.6 is 0 Å². The number of carbonyl (C=O) groups excluding carboxylic acids is 1. The van der Waals surface area contributed by atoms with Crippen molar-refractivity contribution in [1.82, 2.24) is 14.8 Å². The van der Waals surface area contributed by atoms with Gasteiger partial charge in [0.25, 0.3) is 5.91 Å². The molecule has 0 aliphatic carbocycles. The highest BCUT2D eigenvalue weighted by molar-refractivity contribution is 5.93. The molecule has 5 nitrogen and oxygen atoms in total. The molecule has 1 aliphatic rings. The van der Waals surface area contributed by atoms with Crippen LogP contribution in [-0.2, 0) is 0 Å². The van der Waals surface area contributed by atoms with E-state index in [1.807, 2.05) is 24.1 Å². The lowest BCUT2D eigenvalue weighted by Gasteiger charge is -2.26. The Balaban J connectivity index is 2.03. The fourth-order valence-electron chi connectivity index (χ4n) is 2.83. The first-order valence-corrected chi connectivity index (χ1v) is 7.36. The molecule has 1 fully saturated rings. The van der Waals surface area contributed by atoms with Crippen LogP contribution in [0.5, 0.6) is 0 Å².